The lowest BCUT2D eigenvalue weighted by Gasteiger charge is -2.20. The minimum absolute atomic E-state index is 0.343. The molecule has 6 nitrogen and oxygen atoms in total. The number of aliphatic imine (C=N–C) groups is 1. The normalized spacial score (nSPS) is 16.8. The smallest absolute Gasteiger partial charge is 0.191 e. The zero-order chi connectivity index (χ0) is 21.3. The molecule has 0 radical (unpaired) electrons. The number of benzene rings is 2. The van der Waals surface area contributed by atoms with Crippen LogP contribution in [-0.2, 0) is 6.54 Å². The standard InChI is InChI=1S/C23H32ClN5O/c1-25-23(26-16-18-6-4-9-22(14-18)30-13-12-28(2)3)27-20-10-11-29(17-20)21-8-5-7-19(24)15-21/h4-9,14-15,20H,10-13,16-17H2,1-3H3,(H2,25,26,27). The first-order valence-electron chi connectivity index (χ1n) is 10.4. The van der Waals surface area contributed by atoms with Gasteiger partial charge in [0.2, 0.25) is 0 Å². The van der Waals surface area contributed by atoms with Crippen LogP contribution in [0.25, 0.3) is 0 Å². The van der Waals surface area contributed by atoms with Gasteiger partial charge in [-0.15, -0.1) is 0 Å². The maximum Gasteiger partial charge on any atom is 0.191 e. The Morgan fingerprint density at radius 3 is 2.83 bits per heavy atom. The van der Waals surface area contributed by atoms with Gasteiger partial charge in [-0.3, -0.25) is 4.99 Å². The van der Waals surface area contributed by atoms with Crippen LogP contribution in [0.3, 0.4) is 0 Å². The molecule has 0 spiro atoms. The first kappa shape index (κ1) is 22.2. The number of guanidine groups is 1. The fourth-order valence-electron chi connectivity index (χ4n) is 3.45. The van der Waals surface area contributed by atoms with Crippen molar-refractivity contribution in [2.45, 2.75) is 19.0 Å². The third-order valence-electron chi connectivity index (χ3n) is 5.09. The molecule has 1 heterocycles. The van der Waals surface area contributed by atoms with Crippen LogP contribution in [0.2, 0.25) is 5.02 Å². The van der Waals surface area contributed by atoms with Gasteiger partial charge < -0.3 is 25.2 Å². The number of anilines is 1. The molecule has 1 unspecified atom stereocenters. The lowest BCUT2D eigenvalue weighted by molar-refractivity contribution is 0.261. The second-order valence-corrected chi connectivity index (χ2v) is 8.22. The van der Waals surface area contributed by atoms with Crippen molar-refractivity contribution in [3.63, 3.8) is 0 Å². The molecule has 1 fully saturated rings. The number of nitrogens with zero attached hydrogens (tertiary/aromatic N) is 3. The van der Waals surface area contributed by atoms with Gasteiger partial charge in [-0.05, 0) is 56.4 Å². The molecular formula is C23H32ClN5O. The van der Waals surface area contributed by atoms with Crippen LogP contribution in [0.4, 0.5) is 5.69 Å². The molecule has 7 heteroatoms. The van der Waals surface area contributed by atoms with Crippen molar-refractivity contribution in [2.75, 3.05) is 52.3 Å². The predicted octanol–water partition coefficient (Wildman–Crippen LogP) is 3.22. The molecule has 2 aromatic carbocycles. The molecule has 0 amide bonds. The molecule has 0 aliphatic carbocycles. The van der Waals surface area contributed by atoms with Gasteiger partial charge in [0.1, 0.15) is 12.4 Å². The summed E-state index contributed by atoms with van der Waals surface area (Å²) in [6, 6.07) is 16.6. The van der Waals surface area contributed by atoms with E-state index >= 15 is 0 Å². The number of hydrogen-bond donors (Lipinski definition) is 2. The van der Waals surface area contributed by atoms with E-state index in [9.17, 15) is 0 Å². The summed E-state index contributed by atoms with van der Waals surface area (Å²) in [4.78, 5) is 8.85. The highest BCUT2D eigenvalue weighted by molar-refractivity contribution is 6.30. The Bertz CT molecular complexity index is 842. The van der Waals surface area contributed by atoms with Gasteiger partial charge in [-0.1, -0.05) is 29.8 Å². The molecule has 0 aromatic heterocycles. The van der Waals surface area contributed by atoms with Crippen LogP contribution in [-0.4, -0.2) is 64.3 Å². The molecule has 2 aromatic rings. The molecule has 0 saturated carbocycles. The zero-order valence-electron chi connectivity index (χ0n) is 18.1. The summed E-state index contributed by atoms with van der Waals surface area (Å²) in [7, 11) is 5.89. The van der Waals surface area contributed by atoms with Crippen molar-refractivity contribution in [3.8, 4) is 5.75 Å². The van der Waals surface area contributed by atoms with E-state index in [1.165, 1.54) is 5.69 Å². The average molecular weight is 430 g/mol. The largest absolute Gasteiger partial charge is 0.492 e. The number of nitrogens with one attached hydrogen (secondary N) is 2. The van der Waals surface area contributed by atoms with Crippen LogP contribution in [0.5, 0.6) is 5.75 Å². The molecule has 162 valence electrons. The van der Waals surface area contributed by atoms with Gasteiger partial charge in [-0.2, -0.15) is 0 Å². The first-order valence-corrected chi connectivity index (χ1v) is 10.8. The van der Waals surface area contributed by atoms with Crippen molar-refractivity contribution in [3.05, 3.63) is 59.1 Å². The SMILES string of the molecule is CN=C(NCc1cccc(OCCN(C)C)c1)NC1CCN(c2cccc(Cl)c2)C1. The molecule has 2 N–H and O–H groups in total. The Morgan fingerprint density at radius 1 is 1.23 bits per heavy atom. The van der Waals surface area contributed by atoms with E-state index < -0.39 is 0 Å². The monoisotopic (exact) mass is 429 g/mol. The van der Waals surface area contributed by atoms with Gasteiger partial charge in [0.15, 0.2) is 5.96 Å². The number of halogens is 1. The molecule has 1 aliphatic rings. The summed E-state index contributed by atoms with van der Waals surface area (Å²) in [5.41, 5.74) is 2.33. The van der Waals surface area contributed by atoms with E-state index in [1.807, 2.05) is 44.4 Å². The molecule has 1 aliphatic heterocycles. The Balaban J connectivity index is 1.47. The predicted molar refractivity (Wildman–Crippen MR) is 126 cm³/mol. The molecular weight excluding hydrogens is 398 g/mol. The number of hydrogen-bond acceptors (Lipinski definition) is 4. The quantitative estimate of drug-likeness (QED) is 0.498. The maximum absolute atomic E-state index is 6.14. The molecule has 3 rings (SSSR count). The second-order valence-electron chi connectivity index (χ2n) is 7.78. The van der Waals surface area contributed by atoms with Crippen molar-refractivity contribution in [1.82, 2.24) is 15.5 Å². The van der Waals surface area contributed by atoms with Gasteiger partial charge in [0.25, 0.3) is 0 Å². The first-order chi connectivity index (χ1) is 14.5. The summed E-state index contributed by atoms with van der Waals surface area (Å²) < 4.78 is 5.83. The van der Waals surface area contributed by atoms with Crippen molar-refractivity contribution in [2.24, 2.45) is 4.99 Å². The summed E-state index contributed by atoms with van der Waals surface area (Å²) in [6.45, 7) is 4.19. The topological polar surface area (TPSA) is 52.1 Å². The van der Waals surface area contributed by atoms with E-state index in [4.69, 9.17) is 16.3 Å². The Morgan fingerprint density at radius 2 is 2.07 bits per heavy atom. The van der Waals surface area contributed by atoms with Crippen LogP contribution in [0, 0.1) is 0 Å². The lowest BCUT2D eigenvalue weighted by atomic mass is 10.2. The third-order valence-corrected chi connectivity index (χ3v) is 5.33. The van der Waals surface area contributed by atoms with E-state index in [2.05, 4.69) is 43.6 Å². The highest BCUT2D eigenvalue weighted by Gasteiger charge is 2.23. The fraction of sp³-hybridized carbons (Fsp3) is 0.435. The van der Waals surface area contributed by atoms with E-state index in [0.717, 1.165) is 48.4 Å². The molecule has 30 heavy (non-hydrogen) atoms. The van der Waals surface area contributed by atoms with Crippen LogP contribution in [0.15, 0.2) is 53.5 Å². The van der Waals surface area contributed by atoms with Crippen molar-refractivity contribution < 1.29 is 4.74 Å². The summed E-state index contributed by atoms with van der Waals surface area (Å²) >= 11 is 6.14. The second kappa shape index (κ2) is 11.1. The highest BCUT2D eigenvalue weighted by atomic mass is 35.5. The number of ether oxygens (including phenoxy) is 1. The Kier molecular flexibility index (Phi) is 8.22. The molecule has 0 bridgehead atoms. The fourth-order valence-corrected chi connectivity index (χ4v) is 3.64. The van der Waals surface area contributed by atoms with Crippen molar-refractivity contribution in [1.29, 1.82) is 0 Å². The van der Waals surface area contributed by atoms with Crippen LogP contribution < -0.4 is 20.3 Å². The average Bonchev–Trinajstić information content (AvgIpc) is 3.20. The maximum atomic E-state index is 6.14. The van der Waals surface area contributed by atoms with Gasteiger partial charge in [-0.25, -0.2) is 0 Å². The van der Waals surface area contributed by atoms with E-state index in [1.54, 1.807) is 7.05 Å². The van der Waals surface area contributed by atoms with Gasteiger partial charge >= 0.3 is 0 Å². The summed E-state index contributed by atoms with van der Waals surface area (Å²) in [6.07, 6.45) is 1.06. The van der Waals surface area contributed by atoms with Gasteiger partial charge in [0, 0.05) is 50.0 Å². The molecule has 1 atom stereocenters. The van der Waals surface area contributed by atoms with Crippen LogP contribution in [0.1, 0.15) is 12.0 Å². The summed E-state index contributed by atoms with van der Waals surface area (Å²) in [5.74, 6) is 1.71. The minimum Gasteiger partial charge on any atom is -0.492 e. The minimum atomic E-state index is 0.343. The van der Waals surface area contributed by atoms with Crippen molar-refractivity contribution >= 4 is 23.2 Å². The summed E-state index contributed by atoms with van der Waals surface area (Å²) in [5, 5.41) is 7.72. The zero-order valence-corrected chi connectivity index (χ0v) is 18.8. The van der Waals surface area contributed by atoms with Gasteiger partial charge in [0.05, 0.1) is 0 Å². The van der Waals surface area contributed by atoms with E-state index in [-0.39, 0.29) is 0 Å². The third kappa shape index (κ3) is 6.82. The lowest BCUT2D eigenvalue weighted by Crippen LogP contribution is -2.44. The highest BCUT2D eigenvalue weighted by Crippen LogP contribution is 2.23. The number of rotatable bonds is 8. The van der Waals surface area contributed by atoms with Crippen LogP contribution >= 0.6 is 11.6 Å². The Labute approximate surface area is 184 Å². The number of likely N-dealkylation sites (N-methyl/N-ethyl adjacent to an activating group) is 1. The Hall–Kier alpha value is -2.44. The van der Waals surface area contributed by atoms with E-state index in [0.29, 0.717) is 19.2 Å². The molecule has 1 saturated heterocycles.